The van der Waals surface area contributed by atoms with Crippen LogP contribution in [0.3, 0.4) is 0 Å². The summed E-state index contributed by atoms with van der Waals surface area (Å²) in [6.45, 7) is 0. The molecule has 0 unspecified atom stereocenters. The Labute approximate surface area is 100 Å². The Morgan fingerprint density at radius 3 is 2.33 bits per heavy atom. The van der Waals surface area contributed by atoms with Gasteiger partial charge in [0.05, 0.1) is 0 Å². The maximum absolute atomic E-state index is 12.4. The number of anilines is 1. The molecule has 2 N–H and O–H groups in total. The van der Waals surface area contributed by atoms with Gasteiger partial charge < -0.3 is 10.5 Å². The van der Waals surface area contributed by atoms with E-state index in [1.165, 1.54) is 12.1 Å². The molecule has 94 valence electrons. The molecule has 0 amide bonds. The fourth-order valence-corrected chi connectivity index (χ4v) is 1.19. The zero-order valence-corrected chi connectivity index (χ0v) is 8.98. The fraction of sp³-hybridized carbons (Fsp3) is 0.0909. The minimum atomic E-state index is -4.53. The van der Waals surface area contributed by atoms with Gasteiger partial charge in [-0.1, -0.05) is 0 Å². The maximum atomic E-state index is 12.4. The van der Waals surface area contributed by atoms with Crippen LogP contribution in [0.1, 0.15) is 5.69 Å². The first kappa shape index (κ1) is 12.2. The zero-order chi connectivity index (χ0) is 13.2. The van der Waals surface area contributed by atoms with Gasteiger partial charge >= 0.3 is 12.2 Å². The predicted octanol–water partition coefficient (Wildman–Crippen LogP) is 2.87. The van der Waals surface area contributed by atoms with Crippen molar-refractivity contribution in [2.45, 2.75) is 6.18 Å². The molecule has 18 heavy (non-hydrogen) atoms. The van der Waals surface area contributed by atoms with Gasteiger partial charge in [-0.2, -0.15) is 18.2 Å². The lowest BCUT2D eigenvalue weighted by molar-refractivity contribution is -0.141. The Kier molecular flexibility index (Phi) is 3.05. The van der Waals surface area contributed by atoms with Gasteiger partial charge in [0.1, 0.15) is 5.75 Å². The van der Waals surface area contributed by atoms with Crippen molar-refractivity contribution in [1.29, 1.82) is 0 Å². The number of benzene rings is 1. The molecule has 0 bridgehead atoms. The molecule has 1 heterocycles. The lowest BCUT2D eigenvalue weighted by atomic mass is 10.3. The lowest BCUT2D eigenvalue weighted by Crippen LogP contribution is -2.08. The van der Waals surface area contributed by atoms with Crippen molar-refractivity contribution in [3.05, 3.63) is 42.2 Å². The van der Waals surface area contributed by atoms with Crippen LogP contribution in [0.15, 0.2) is 36.5 Å². The summed E-state index contributed by atoms with van der Waals surface area (Å²) < 4.78 is 42.3. The number of aromatic nitrogens is 2. The quantitative estimate of drug-likeness (QED) is 0.838. The average Bonchev–Trinajstić information content (AvgIpc) is 2.31. The summed E-state index contributed by atoms with van der Waals surface area (Å²) >= 11 is 0. The number of halogens is 3. The molecule has 0 aliphatic rings. The van der Waals surface area contributed by atoms with E-state index in [-0.39, 0.29) is 6.01 Å². The monoisotopic (exact) mass is 255 g/mol. The second-order valence-electron chi connectivity index (χ2n) is 3.39. The Bertz CT molecular complexity index is 540. The molecule has 0 saturated carbocycles. The van der Waals surface area contributed by atoms with Gasteiger partial charge in [0, 0.05) is 11.9 Å². The molecule has 0 saturated heterocycles. The number of alkyl halides is 3. The van der Waals surface area contributed by atoms with E-state index >= 15 is 0 Å². The SMILES string of the molecule is Nc1ccc(Oc2nccc(C(F)(F)F)n2)cc1. The van der Waals surface area contributed by atoms with Gasteiger partial charge in [-0.3, -0.25) is 0 Å². The van der Waals surface area contributed by atoms with Crippen LogP contribution in [0.2, 0.25) is 0 Å². The second kappa shape index (κ2) is 4.52. The summed E-state index contributed by atoms with van der Waals surface area (Å²) in [5, 5.41) is 0. The molecule has 0 radical (unpaired) electrons. The van der Waals surface area contributed by atoms with Crippen LogP contribution in [-0.4, -0.2) is 9.97 Å². The van der Waals surface area contributed by atoms with Crippen LogP contribution >= 0.6 is 0 Å². The maximum Gasteiger partial charge on any atom is 0.433 e. The average molecular weight is 255 g/mol. The zero-order valence-electron chi connectivity index (χ0n) is 8.98. The molecule has 0 atom stereocenters. The highest BCUT2D eigenvalue weighted by atomic mass is 19.4. The number of nitrogens with zero attached hydrogens (tertiary/aromatic N) is 2. The molecule has 4 nitrogen and oxygen atoms in total. The number of nitrogen functional groups attached to an aromatic ring is 1. The molecule has 0 aliphatic carbocycles. The van der Waals surface area contributed by atoms with Crippen LogP contribution in [0.5, 0.6) is 11.8 Å². The molecule has 2 aromatic rings. The molecule has 1 aromatic carbocycles. The van der Waals surface area contributed by atoms with Crippen molar-refractivity contribution in [3.8, 4) is 11.8 Å². The molecular weight excluding hydrogens is 247 g/mol. The van der Waals surface area contributed by atoms with E-state index in [2.05, 4.69) is 9.97 Å². The molecule has 7 heteroatoms. The van der Waals surface area contributed by atoms with Gasteiger partial charge in [0.25, 0.3) is 0 Å². The third-order valence-electron chi connectivity index (χ3n) is 2.01. The number of rotatable bonds is 2. The van der Waals surface area contributed by atoms with Crippen molar-refractivity contribution in [2.24, 2.45) is 0 Å². The predicted molar refractivity (Wildman–Crippen MR) is 58.0 cm³/mol. The summed E-state index contributed by atoms with van der Waals surface area (Å²) in [6.07, 6.45) is -3.54. The van der Waals surface area contributed by atoms with Crippen molar-refractivity contribution < 1.29 is 17.9 Å². The van der Waals surface area contributed by atoms with E-state index in [0.29, 0.717) is 11.4 Å². The van der Waals surface area contributed by atoms with Gasteiger partial charge in [-0.15, -0.1) is 0 Å². The highest BCUT2D eigenvalue weighted by molar-refractivity contribution is 5.42. The smallest absolute Gasteiger partial charge is 0.424 e. The largest absolute Gasteiger partial charge is 0.433 e. The fourth-order valence-electron chi connectivity index (χ4n) is 1.19. The van der Waals surface area contributed by atoms with Crippen LogP contribution in [0.4, 0.5) is 18.9 Å². The van der Waals surface area contributed by atoms with Crippen LogP contribution in [0.25, 0.3) is 0 Å². The van der Waals surface area contributed by atoms with Gasteiger partial charge in [-0.25, -0.2) is 4.98 Å². The topological polar surface area (TPSA) is 61.0 Å². The van der Waals surface area contributed by atoms with Gasteiger partial charge in [0.2, 0.25) is 0 Å². The number of ether oxygens (including phenoxy) is 1. The van der Waals surface area contributed by atoms with Crippen LogP contribution in [0, 0.1) is 0 Å². The highest BCUT2D eigenvalue weighted by Crippen LogP contribution is 2.28. The van der Waals surface area contributed by atoms with Crippen LogP contribution in [-0.2, 0) is 6.18 Å². The van der Waals surface area contributed by atoms with Crippen molar-refractivity contribution in [3.63, 3.8) is 0 Å². The third-order valence-corrected chi connectivity index (χ3v) is 2.01. The van der Waals surface area contributed by atoms with Crippen LogP contribution < -0.4 is 10.5 Å². The molecule has 0 aliphatic heterocycles. The molecule has 1 aromatic heterocycles. The first-order valence-electron chi connectivity index (χ1n) is 4.89. The first-order chi connectivity index (χ1) is 8.45. The van der Waals surface area contributed by atoms with Gasteiger partial charge in [0.15, 0.2) is 5.69 Å². The van der Waals surface area contributed by atoms with Crippen molar-refractivity contribution in [1.82, 2.24) is 9.97 Å². The normalized spacial score (nSPS) is 11.3. The summed E-state index contributed by atoms with van der Waals surface area (Å²) in [5.41, 5.74) is 4.93. The van der Waals surface area contributed by atoms with E-state index in [1.807, 2.05) is 0 Å². The van der Waals surface area contributed by atoms with E-state index in [4.69, 9.17) is 10.5 Å². The first-order valence-corrected chi connectivity index (χ1v) is 4.89. The third kappa shape index (κ3) is 2.88. The summed E-state index contributed by atoms with van der Waals surface area (Å²) in [6, 6.07) is 6.55. The number of hydrogen-bond donors (Lipinski definition) is 1. The Morgan fingerprint density at radius 2 is 1.72 bits per heavy atom. The molecule has 2 rings (SSSR count). The standard InChI is InChI=1S/C11H8F3N3O/c12-11(13,14)9-5-6-16-10(17-9)18-8-3-1-7(15)2-4-8/h1-6H,15H2. The minimum absolute atomic E-state index is 0.309. The highest BCUT2D eigenvalue weighted by Gasteiger charge is 2.33. The van der Waals surface area contributed by atoms with Crippen molar-refractivity contribution in [2.75, 3.05) is 5.73 Å². The summed E-state index contributed by atoms with van der Waals surface area (Å²) in [5.74, 6) is 0.309. The van der Waals surface area contributed by atoms with E-state index in [1.54, 1.807) is 12.1 Å². The molecule has 0 spiro atoms. The van der Waals surface area contributed by atoms with E-state index in [9.17, 15) is 13.2 Å². The Hall–Kier alpha value is -2.31. The van der Waals surface area contributed by atoms with E-state index in [0.717, 1.165) is 12.3 Å². The Balaban J connectivity index is 2.22. The second-order valence-corrected chi connectivity index (χ2v) is 3.39. The van der Waals surface area contributed by atoms with Crippen molar-refractivity contribution >= 4 is 5.69 Å². The number of hydrogen-bond acceptors (Lipinski definition) is 4. The lowest BCUT2D eigenvalue weighted by Gasteiger charge is -2.07. The minimum Gasteiger partial charge on any atom is -0.424 e. The summed E-state index contributed by atoms with van der Waals surface area (Å²) in [4.78, 5) is 6.88. The Morgan fingerprint density at radius 1 is 1.06 bits per heavy atom. The molecular formula is C11H8F3N3O. The number of nitrogens with two attached hydrogens (primary N) is 1. The molecule has 0 fully saturated rings. The van der Waals surface area contributed by atoms with E-state index < -0.39 is 11.9 Å². The van der Waals surface area contributed by atoms with Gasteiger partial charge in [-0.05, 0) is 30.3 Å². The summed E-state index contributed by atoms with van der Waals surface area (Å²) in [7, 11) is 0.